The molecule has 1 unspecified atom stereocenters. The number of aliphatic hydroxyl groups excluding tert-OH is 1. The number of esters is 1. The van der Waals surface area contributed by atoms with Crippen molar-refractivity contribution in [1.82, 2.24) is 0 Å². The van der Waals surface area contributed by atoms with E-state index in [0.717, 1.165) is 0 Å². The molecule has 0 saturated carbocycles. The van der Waals surface area contributed by atoms with E-state index >= 15 is 0 Å². The van der Waals surface area contributed by atoms with Crippen molar-refractivity contribution in [2.24, 2.45) is 0 Å². The third kappa shape index (κ3) is 2.62. The highest BCUT2D eigenvalue weighted by Crippen LogP contribution is 2.29. The Labute approximate surface area is 115 Å². The van der Waals surface area contributed by atoms with Crippen molar-refractivity contribution in [3.8, 4) is 11.3 Å². The Balaban J connectivity index is 2.28. The van der Waals surface area contributed by atoms with Crippen LogP contribution < -0.4 is 0 Å². The van der Waals surface area contributed by atoms with E-state index < -0.39 is 17.9 Å². The molecule has 20 heavy (non-hydrogen) atoms. The summed E-state index contributed by atoms with van der Waals surface area (Å²) in [5.41, 5.74) is 0.122. The van der Waals surface area contributed by atoms with Crippen LogP contribution in [-0.4, -0.2) is 18.2 Å². The molecule has 4 nitrogen and oxygen atoms in total. The van der Waals surface area contributed by atoms with Crippen molar-refractivity contribution in [1.29, 1.82) is 0 Å². The Hall–Kier alpha value is -2.40. The summed E-state index contributed by atoms with van der Waals surface area (Å²) in [7, 11) is 1.19. The highest BCUT2D eigenvalue weighted by atomic mass is 19.1. The van der Waals surface area contributed by atoms with Crippen molar-refractivity contribution in [2.45, 2.75) is 6.10 Å². The fourth-order valence-corrected chi connectivity index (χ4v) is 1.72. The summed E-state index contributed by atoms with van der Waals surface area (Å²) in [4.78, 5) is 11.3. The number of rotatable bonds is 4. The van der Waals surface area contributed by atoms with E-state index in [0.29, 0.717) is 0 Å². The maximum Gasteiger partial charge on any atom is 0.336 e. The summed E-state index contributed by atoms with van der Waals surface area (Å²) < 4.78 is 23.4. The summed E-state index contributed by atoms with van der Waals surface area (Å²) in [5.74, 6) is -0.815. The van der Waals surface area contributed by atoms with Gasteiger partial charge in [-0.3, -0.25) is 0 Å². The second-order valence-corrected chi connectivity index (χ2v) is 4.10. The summed E-state index contributed by atoms with van der Waals surface area (Å²) in [6.45, 7) is 3.44. The van der Waals surface area contributed by atoms with Crippen LogP contribution in [0.4, 0.5) is 4.39 Å². The molecule has 104 valence electrons. The van der Waals surface area contributed by atoms with Crippen LogP contribution in [0.1, 0.15) is 11.9 Å². The first kappa shape index (κ1) is 14.0. The normalized spacial score (nSPS) is 11.9. The van der Waals surface area contributed by atoms with E-state index in [-0.39, 0.29) is 22.7 Å². The first-order valence-electron chi connectivity index (χ1n) is 5.84. The average molecular weight is 276 g/mol. The van der Waals surface area contributed by atoms with Gasteiger partial charge in [0.15, 0.2) is 0 Å². The number of aliphatic hydroxyl groups is 1. The smallest absolute Gasteiger partial charge is 0.336 e. The number of benzene rings is 1. The summed E-state index contributed by atoms with van der Waals surface area (Å²) in [6.07, 6.45) is -1.33. The number of furan rings is 1. The van der Waals surface area contributed by atoms with Gasteiger partial charge in [0.1, 0.15) is 23.4 Å². The van der Waals surface area contributed by atoms with Crippen LogP contribution in [0, 0.1) is 5.82 Å². The molecule has 1 atom stereocenters. The van der Waals surface area contributed by atoms with Gasteiger partial charge in [-0.15, -0.1) is 0 Å². The maximum atomic E-state index is 13.6. The molecule has 0 bridgehead atoms. The van der Waals surface area contributed by atoms with E-state index in [9.17, 15) is 14.3 Å². The van der Waals surface area contributed by atoms with Gasteiger partial charge in [0.05, 0.1) is 18.2 Å². The molecule has 1 N–H and O–H groups in total. The van der Waals surface area contributed by atoms with Crippen molar-refractivity contribution in [3.05, 3.63) is 60.1 Å². The molecule has 1 aromatic carbocycles. The van der Waals surface area contributed by atoms with Crippen LogP contribution in [0.5, 0.6) is 0 Å². The van der Waals surface area contributed by atoms with Crippen molar-refractivity contribution < 1.29 is 23.4 Å². The van der Waals surface area contributed by atoms with Crippen molar-refractivity contribution >= 4 is 5.97 Å². The molecule has 0 aliphatic carbocycles. The van der Waals surface area contributed by atoms with Gasteiger partial charge < -0.3 is 14.3 Å². The second kappa shape index (κ2) is 5.71. The van der Waals surface area contributed by atoms with Gasteiger partial charge in [0.25, 0.3) is 0 Å². The highest BCUT2D eigenvalue weighted by molar-refractivity contribution is 5.88. The molecule has 0 saturated heterocycles. The van der Waals surface area contributed by atoms with E-state index in [1.807, 2.05) is 0 Å². The molecular formula is C15H13FO4. The van der Waals surface area contributed by atoms with Crippen LogP contribution >= 0.6 is 0 Å². The monoisotopic (exact) mass is 276 g/mol. The molecule has 0 spiro atoms. The van der Waals surface area contributed by atoms with Gasteiger partial charge in [-0.05, 0) is 24.3 Å². The molecule has 0 amide bonds. The van der Waals surface area contributed by atoms with E-state index in [2.05, 4.69) is 11.3 Å². The number of hydrogen-bond donors (Lipinski definition) is 1. The van der Waals surface area contributed by atoms with Crippen molar-refractivity contribution in [2.75, 3.05) is 7.11 Å². The Morgan fingerprint density at radius 1 is 1.35 bits per heavy atom. The molecule has 0 radical (unpaired) electrons. The molecule has 2 rings (SSSR count). The zero-order valence-electron chi connectivity index (χ0n) is 10.8. The van der Waals surface area contributed by atoms with Gasteiger partial charge in [0.2, 0.25) is 0 Å². The molecule has 0 aliphatic heterocycles. The lowest BCUT2D eigenvalue weighted by atomic mass is 10.1. The van der Waals surface area contributed by atoms with Crippen LogP contribution in [0.3, 0.4) is 0 Å². The maximum absolute atomic E-state index is 13.6. The number of ether oxygens (including phenoxy) is 1. The van der Waals surface area contributed by atoms with Gasteiger partial charge in [0, 0.05) is 0 Å². The summed E-state index contributed by atoms with van der Waals surface area (Å²) >= 11 is 0. The predicted octanol–water partition coefficient (Wildman–Crippen LogP) is 2.85. The third-order valence-corrected chi connectivity index (χ3v) is 2.81. The largest absolute Gasteiger partial charge is 0.466 e. The third-order valence-electron chi connectivity index (χ3n) is 2.81. The molecular weight excluding hydrogens is 263 g/mol. The number of carbonyl (C=O) groups excluding carboxylic acids is 1. The first-order valence-corrected chi connectivity index (χ1v) is 5.84. The number of halogens is 1. The number of carbonyl (C=O) groups is 1. The molecule has 5 heteroatoms. The molecule has 1 heterocycles. The van der Waals surface area contributed by atoms with E-state index in [1.165, 1.54) is 25.3 Å². The summed E-state index contributed by atoms with van der Waals surface area (Å²) in [6, 6.07) is 9.07. The lowest BCUT2D eigenvalue weighted by molar-refractivity contribution is -0.137. The zero-order chi connectivity index (χ0) is 14.7. The number of hydrogen-bond acceptors (Lipinski definition) is 4. The van der Waals surface area contributed by atoms with Crippen LogP contribution in [0.25, 0.3) is 11.3 Å². The second-order valence-electron chi connectivity index (χ2n) is 4.10. The minimum atomic E-state index is -1.33. The minimum absolute atomic E-state index is 0.0960. The fourth-order valence-electron chi connectivity index (χ4n) is 1.72. The quantitative estimate of drug-likeness (QED) is 0.689. The predicted molar refractivity (Wildman–Crippen MR) is 70.2 cm³/mol. The Kier molecular flexibility index (Phi) is 4.00. The van der Waals surface area contributed by atoms with Gasteiger partial charge in [-0.25, -0.2) is 9.18 Å². The van der Waals surface area contributed by atoms with Gasteiger partial charge in [-0.1, -0.05) is 18.7 Å². The summed E-state index contributed by atoms with van der Waals surface area (Å²) in [5, 5.41) is 9.93. The van der Waals surface area contributed by atoms with E-state index in [1.54, 1.807) is 18.2 Å². The topological polar surface area (TPSA) is 59.7 Å². The van der Waals surface area contributed by atoms with Gasteiger partial charge >= 0.3 is 5.97 Å². The highest BCUT2D eigenvalue weighted by Gasteiger charge is 2.22. The Morgan fingerprint density at radius 2 is 2.05 bits per heavy atom. The van der Waals surface area contributed by atoms with Gasteiger partial charge in [-0.2, -0.15) is 0 Å². The standard InChI is InChI=1S/C15H13FO4/c1-9(15(18)19-2)14(17)13-8-7-12(20-13)10-5-3-4-6-11(10)16/h3-8,14,17H,1H2,2H3. The lowest BCUT2D eigenvalue weighted by Crippen LogP contribution is -2.11. The molecule has 2 aromatic rings. The van der Waals surface area contributed by atoms with Crippen LogP contribution in [-0.2, 0) is 9.53 Å². The number of methoxy groups -OCH3 is 1. The minimum Gasteiger partial charge on any atom is -0.466 e. The molecule has 0 fully saturated rings. The van der Waals surface area contributed by atoms with Crippen molar-refractivity contribution in [3.63, 3.8) is 0 Å². The molecule has 1 aromatic heterocycles. The van der Waals surface area contributed by atoms with E-state index in [4.69, 9.17) is 4.42 Å². The Morgan fingerprint density at radius 3 is 2.70 bits per heavy atom. The Bertz CT molecular complexity index is 645. The molecule has 0 aliphatic rings. The van der Waals surface area contributed by atoms with Crippen LogP contribution in [0.2, 0.25) is 0 Å². The van der Waals surface area contributed by atoms with Crippen LogP contribution in [0.15, 0.2) is 53.0 Å². The average Bonchev–Trinajstić information content (AvgIpc) is 2.94. The fraction of sp³-hybridized carbons (Fsp3) is 0.133. The lowest BCUT2D eigenvalue weighted by Gasteiger charge is -2.09. The zero-order valence-corrected chi connectivity index (χ0v) is 10.8. The SMILES string of the molecule is C=C(C(=O)OC)C(O)c1ccc(-c2ccccc2F)o1. The first-order chi connectivity index (χ1) is 9.54.